The van der Waals surface area contributed by atoms with Gasteiger partial charge < -0.3 is 57.2 Å². The van der Waals surface area contributed by atoms with E-state index in [1.807, 2.05) is 79.4 Å². The van der Waals surface area contributed by atoms with Gasteiger partial charge in [-0.1, -0.05) is 12.1 Å². The van der Waals surface area contributed by atoms with Gasteiger partial charge in [-0.25, -0.2) is 14.8 Å². The average Bonchev–Trinajstić information content (AvgIpc) is 4.10. The summed E-state index contributed by atoms with van der Waals surface area (Å²) in [7, 11) is 0. The number of hydrogen-bond donors (Lipinski definition) is 6. The monoisotopic (exact) mass is 1010 g/mol. The molecule has 0 spiro atoms. The Morgan fingerprint density at radius 2 is 1.18 bits per heavy atom. The van der Waals surface area contributed by atoms with Gasteiger partial charge in [-0.2, -0.15) is 0 Å². The molecule has 6 aromatic rings. The number of aryl methyl sites for hydroxylation is 2. The number of amides is 3. The van der Waals surface area contributed by atoms with Crippen molar-refractivity contribution in [2.45, 2.75) is 77.2 Å². The molecule has 8 heterocycles. The van der Waals surface area contributed by atoms with Crippen molar-refractivity contribution in [3.8, 4) is 11.5 Å². The van der Waals surface area contributed by atoms with Crippen LogP contribution in [0.3, 0.4) is 0 Å². The summed E-state index contributed by atoms with van der Waals surface area (Å²) in [4.78, 5) is 53.7. The number of nitrogen functional groups attached to an aromatic ring is 2. The predicted molar refractivity (Wildman–Crippen MR) is 276 cm³/mol. The van der Waals surface area contributed by atoms with Crippen molar-refractivity contribution >= 4 is 83.8 Å². The maximum Gasteiger partial charge on any atom is 0.407 e. The molecule has 376 valence electrons. The highest BCUT2D eigenvalue weighted by molar-refractivity contribution is 7.21. The van der Waals surface area contributed by atoms with Gasteiger partial charge in [0.25, 0.3) is 11.8 Å². The van der Waals surface area contributed by atoms with Crippen LogP contribution in [0.2, 0.25) is 0 Å². The van der Waals surface area contributed by atoms with Gasteiger partial charge in [-0.3, -0.25) is 18.4 Å². The van der Waals surface area contributed by atoms with E-state index in [9.17, 15) is 23.2 Å². The molecule has 0 unspecified atom stereocenters. The molecule has 4 aromatic heterocycles. The summed E-state index contributed by atoms with van der Waals surface area (Å²) in [5, 5.41) is 10.5. The van der Waals surface area contributed by atoms with Crippen LogP contribution >= 0.6 is 22.7 Å². The third kappa shape index (κ3) is 10.9. The van der Waals surface area contributed by atoms with E-state index in [-0.39, 0.29) is 47.8 Å². The Morgan fingerprint density at radius 3 is 1.65 bits per heavy atom. The van der Waals surface area contributed by atoms with Crippen molar-refractivity contribution in [1.82, 2.24) is 25.9 Å². The second-order valence-electron chi connectivity index (χ2n) is 19.8. The van der Waals surface area contributed by atoms with Gasteiger partial charge in [0.1, 0.15) is 49.7 Å². The quantitative estimate of drug-likeness (QED) is 0.0871. The highest BCUT2D eigenvalue weighted by Gasteiger charge is 2.36. The third-order valence-corrected chi connectivity index (χ3v) is 15.5. The molecule has 0 radical (unpaired) electrons. The number of ether oxygens (including phenoxy) is 3. The second kappa shape index (κ2) is 20.3. The number of alkyl halides is 2. The molecule has 0 aliphatic carbocycles. The summed E-state index contributed by atoms with van der Waals surface area (Å²) in [6.07, 6.45) is 0.730. The highest BCUT2D eigenvalue weighted by Crippen LogP contribution is 2.37. The van der Waals surface area contributed by atoms with Crippen molar-refractivity contribution < 1.29 is 37.4 Å². The van der Waals surface area contributed by atoms with Crippen LogP contribution in [0.1, 0.15) is 62.6 Å². The first-order chi connectivity index (χ1) is 33.9. The number of carbonyl (C=O) groups excluding carboxylic acids is 3. The van der Waals surface area contributed by atoms with Gasteiger partial charge in [-0.15, -0.1) is 22.7 Å². The van der Waals surface area contributed by atoms with Gasteiger partial charge in [-0.05, 0) is 95.0 Å². The van der Waals surface area contributed by atoms with E-state index in [0.717, 1.165) is 65.8 Å². The van der Waals surface area contributed by atoms with Crippen molar-refractivity contribution in [3.63, 3.8) is 0 Å². The van der Waals surface area contributed by atoms with Crippen LogP contribution in [-0.2, 0) is 17.6 Å². The normalized spacial score (nSPS) is 21.6. The Bertz CT molecular complexity index is 2980. The Morgan fingerprint density at radius 1 is 0.704 bits per heavy atom. The van der Waals surface area contributed by atoms with E-state index in [4.69, 9.17) is 31.4 Å². The smallest absolute Gasteiger partial charge is 0.407 e. The number of hydrogen-bond acceptors (Lipinski definition) is 15. The lowest BCUT2D eigenvalue weighted by atomic mass is 10.0. The number of halogens is 2. The van der Waals surface area contributed by atoms with Crippen molar-refractivity contribution in [1.29, 1.82) is 0 Å². The van der Waals surface area contributed by atoms with Gasteiger partial charge in [0, 0.05) is 89.7 Å². The molecule has 0 saturated carbocycles. The van der Waals surface area contributed by atoms with Gasteiger partial charge in [0.15, 0.2) is 0 Å². The fourth-order valence-electron chi connectivity index (χ4n) is 9.45. The average molecular weight is 1010 g/mol. The van der Waals surface area contributed by atoms with Gasteiger partial charge in [0.05, 0.1) is 42.8 Å². The van der Waals surface area contributed by atoms with Gasteiger partial charge in [0.2, 0.25) is 0 Å². The molecule has 6 atom stereocenters. The van der Waals surface area contributed by atoms with E-state index in [0.29, 0.717) is 73.4 Å². The maximum atomic E-state index is 13.8. The molecule has 20 heteroatoms. The van der Waals surface area contributed by atoms with Crippen LogP contribution in [0.4, 0.5) is 36.3 Å². The van der Waals surface area contributed by atoms with Crippen LogP contribution in [0.25, 0.3) is 20.4 Å². The van der Waals surface area contributed by atoms with E-state index in [2.05, 4.69) is 30.8 Å². The molecule has 10 rings (SSSR count). The first-order valence-corrected chi connectivity index (χ1v) is 25.4. The number of nitrogens with one attached hydrogen (secondary N) is 3. The lowest BCUT2D eigenvalue weighted by molar-refractivity contribution is 0.0494. The molecule has 9 N–H and O–H groups in total. The molecule has 4 aliphatic heterocycles. The topological polar surface area (TPSA) is 225 Å². The minimum absolute atomic E-state index is 0.132. The van der Waals surface area contributed by atoms with Crippen molar-refractivity contribution in [3.05, 3.63) is 92.9 Å². The van der Waals surface area contributed by atoms with Crippen LogP contribution in [0, 0.1) is 25.7 Å². The van der Waals surface area contributed by atoms with E-state index in [1.165, 1.54) is 22.7 Å². The first-order valence-electron chi connectivity index (χ1n) is 23.7. The predicted octanol–water partition coefficient (Wildman–Crippen LogP) is 6.87. The van der Waals surface area contributed by atoms with Crippen LogP contribution in [0.15, 0.2) is 60.7 Å². The zero-order valence-electron chi connectivity index (χ0n) is 40.4. The number of benzene rings is 2. The standard InChI is InChI=1S/C28H34FN5O4S.C23H26FN5O2S/c1-15-5-8-20-23(30)24(39-26(20)31-15)25(35)32-18-9-16-6-7-19(10-22(16)37-14-18)34-12-17(11-29)21(13-34)33-27(36)38-28(2,3)4;1-12-2-5-17-20(26)21(32-23(17)27-12)22(30)28-15-6-13-3-4-16(7-19(13)31-11-15)29-9-14(8-24)18(25)10-29/h5-8,10,17-18,21H,9,11-14,30H2,1-4H3,(H,32,35)(H,33,36);2-5,7,14-15,18H,6,8-11,25-26H2,1H3,(H,28,30)/t17-,18+,21+;14-,15+,18+/m00/s1. The third-order valence-electron chi connectivity index (χ3n) is 13.2. The molecule has 71 heavy (non-hydrogen) atoms. The van der Waals surface area contributed by atoms with Crippen molar-refractivity contribution in [2.75, 3.05) is 74.0 Å². The van der Waals surface area contributed by atoms with Crippen LogP contribution < -0.4 is 52.4 Å². The molecule has 0 bridgehead atoms. The summed E-state index contributed by atoms with van der Waals surface area (Å²) in [5.41, 5.74) is 24.4. The molecule has 2 saturated heterocycles. The molecule has 3 amide bonds. The highest BCUT2D eigenvalue weighted by atomic mass is 32.1. The van der Waals surface area contributed by atoms with Gasteiger partial charge >= 0.3 is 6.09 Å². The molecular weight excluding hydrogens is 951 g/mol. The van der Waals surface area contributed by atoms with E-state index < -0.39 is 25.0 Å². The zero-order valence-corrected chi connectivity index (χ0v) is 42.0. The number of carbonyl (C=O) groups is 3. The first kappa shape index (κ1) is 49.5. The Labute approximate surface area is 418 Å². The molecular formula is C51H60F2N10O6S2. The summed E-state index contributed by atoms with van der Waals surface area (Å²) >= 11 is 2.60. The number of pyridine rings is 2. The lowest BCUT2D eigenvalue weighted by Gasteiger charge is -2.28. The van der Waals surface area contributed by atoms with E-state index >= 15 is 0 Å². The largest absolute Gasteiger partial charge is 0.491 e. The second-order valence-corrected chi connectivity index (χ2v) is 21.8. The SMILES string of the molecule is Cc1ccc2c(N)c(C(=O)N[C@H]3COc4cc(N5C[C@H](CF)[C@H](N)C5)ccc4C3)sc2n1.Cc1ccc2c(N)c(C(=O)N[C@H]3COc4cc(N5C[C@H](CF)[C@H](NC(=O)OC(C)(C)C)C5)ccc4C3)sc2n1. The minimum atomic E-state index is -0.623. The summed E-state index contributed by atoms with van der Waals surface area (Å²) in [6, 6.07) is 18.6. The molecule has 2 fully saturated rings. The molecule has 2 aromatic carbocycles. The number of fused-ring (bicyclic) bond motifs is 4. The number of anilines is 4. The fourth-order valence-corrected chi connectivity index (χ4v) is 11.5. The summed E-state index contributed by atoms with van der Waals surface area (Å²) < 4.78 is 44.2. The number of aromatic nitrogens is 2. The summed E-state index contributed by atoms with van der Waals surface area (Å²) in [5.74, 6) is 0.618. The Kier molecular flexibility index (Phi) is 14.2. The number of alkyl carbamates (subject to hydrolysis) is 1. The molecule has 16 nitrogen and oxygen atoms in total. The van der Waals surface area contributed by atoms with E-state index in [1.54, 1.807) is 20.8 Å². The number of nitrogens with two attached hydrogens (primary N) is 3. The zero-order chi connectivity index (χ0) is 50.3. The number of rotatable bonds is 9. The fraction of sp³-hybridized carbons (Fsp3) is 0.431. The Balaban J connectivity index is 0.000000179. The number of nitrogens with zero attached hydrogens (tertiary/aromatic N) is 4. The minimum Gasteiger partial charge on any atom is -0.491 e. The lowest BCUT2D eigenvalue weighted by Crippen LogP contribution is -2.43. The summed E-state index contributed by atoms with van der Waals surface area (Å²) in [6.45, 7) is 11.1. The maximum absolute atomic E-state index is 13.8. The van der Waals surface area contributed by atoms with Crippen LogP contribution in [-0.4, -0.2) is 110 Å². The van der Waals surface area contributed by atoms with Crippen molar-refractivity contribution in [2.24, 2.45) is 17.6 Å². The molecule has 4 aliphatic rings. The Hall–Kier alpha value is -6.51. The number of thiophene rings is 2. The van der Waals surface area contributed by atoms with Crippen LogP contribution in [0.5, 0.6) is 11.5 Å².